The first-order valence-electron chi connectivity index (χ1n) is 4.55. The summed E-state index contributed by atoms with van der Waals surface area (Å²) in [6.45, 7) is -0.182. The topological polar surface area (TPSA) is 46.2 Å². The second-order valence-electron chi connectivity index (χ2n) is 3.42. The van der Waals surface area contributed by atoms with Gasteiger partial charge in [0.25, 0.3) is 0 Å². The van der Waals surface area contributed by atoms with Crippen molar-refractivity contribution in [2.45, 2.75) is 24.8 Å². The van der Waals surface area contributed by atoms with Gasteiger partial charge in [-0.1, -0.05) is 12.2 Å². The molecule has 3 nitrogen and oxygen atoms in total. The van der Waals surface area contributed by atoms with Crippen LogP contribution in [0.15, 0.2) is 12.2 Å². The Labute approximate surface area is 86.4 Å². The van der Waals surface area contributed by atoms with Crippen molar-refractivity contribution in [2.75, 3.05) is 6.54 Å². The number of rotatable bonds is 3. The van der Waals surface area contributed by atoms with Gasteiger partial charge in [0, 0.05) is 6.54 Å². The molecule has 1 atom stereocenters. The van der Waals surface area contributed by atoms with E-state index >= 15 is 0 Å². The Bertz CT molecular complexity index is 334. The Kier molecular flexibility index (Phi) is 3.77. The summed E-state index contributed by atoms with van der Waals surface area (Å²) in [6, 6.07) is 0. The fourth-order valence-corrected chi connectivity index (χ4v) is 1.95. The summed E-state index contributed by atoms with van der Waals surface area (Å²) in [4.78, 5) is 0. The lowest BCUT2D eigenvalue weighted by Crippen LogP contribution is -2.38. The minimum absolute atomic E-state index is 0.129. The smallest absolute Gasteiger partial charge is 0.207 e. The summed E-state index contributed by atoms with van der Waals surface area (Å²) in [6.07, 6.45) is 6.12. The zero-order chi connectivity index (χ0) is 11.5. The number of hydrogen-bond acceptors (Lipinski definition) is 2. The van der Waals surface area contributed by atoms with Gasteiger partial charge < -0.3 is 0 Å². The molecule has 0 saturated carbocycles. The number of nitrogens with one attached hydrogen (secondary N) is 1. The van der Waals surface area contributed by atoms with Crippen LogP contribution in [-0.4, -0.2) is 20.5 Å². The molecule has 0 aromatic heterocycles. The van der Waals surface area contributed by atoms with Gasteiger partial charge in [-0.2, -0.15) is 13.2 Å². The lowest BCUT2D eigenvalue weighted by Gasteiger charge is -2.17. The van der Waals surface area contributed by atoms with Gasteiger partial charge in [0.15, 0.2) is 0 Å². The normalized spacial score (nSPS) is 23.0. The highest BCUT2D eigenvalue weighted by atomic mass is 32.2. The van der Waals surface area contributed by atoms with Crippen molar-refractivity contribution in [3.8, 4) is 0 Å². The monoisotopic (exact) mass is 243 g/mol. The molecule has 0 spiro atoms. The second kappa shape index (κ2) is 4.52. The summed E-state index contributed by atoms with van der Waals surface area (Å²) in [5, 5.41) is 0. The molecule has 7 heteroatoms. The molecule has 1 rings (SSSR count). The van der Waals surface area contributed by atoms with Crippen LogP contribution in [0.3, 0.4) is 0 Å². The Hall–Kier alpha value is -0.560. The summed E-state index contributed by atoms with van der Waals surface area (Å²) in [5.74, 6) is -0.129. The van der Waals surface area contributed by atoms with E-state index in [0.717, 1.165) is 19.3 Å². The van der Waals surface area contributed by atoms with Crippen LogP contribution in [0.1, 0.15) is 19.3 Å². The van der Waals surface area contributed by atoms with Gasteiger partial charge in [-0.05, 0) is 25.2 Å². The van der Waals surface area contributed by atoms with E-state index in [1.54, 1.807) is 10.8 Å². The van der Waals surface area contributed by atoms with Crippen LogP contribution in [0.2, 0.25) is 0 Å². The molecule has 0 saturated heterocycles. The molecule has 15 heavy (non-hydrogen) atoms. The fourth-order valence-electron chi connectivity index (χ4n) is 1.35. The molecule has 0 aromatic rings. The summed E-state index contributed by atoms with van der Waals surface area (Å²) < 4.78 is 58.6. The third-order valence-electron chi connectivity index (χ3n) is 2.19. The molecule has 1 unspecified atom stereocenters. The van der Waals surface area contributed by atoms with E-state index in [4.69, 9.17) is 0 Å². The molecular weight excluding hydrogens is 231 g/mol. The maximum absolute atomic E-state index is 11.9. The lowest BCUT2D eigenvalue weighted by atomic mass is 9.96. The van der Waals surface area contributed by atoms with Crippen LogP contribution in [0, 0.1) is 5.92 Å². The minimum atomic E-state index is -5.22. The van der Waals surface area contributed by atoms with Crippen molar-refractivity contribution < 1.29 is 21.6 Å². The molecule has 0 amide bonds. The van der Waals surface area contributed by atoms with Crippen molar-refractivity contribution >= 4 is 10.0 Å². The molecule has 0 aromatic carbocycles. The highest BCUT2D eigenvalue weighted by Gasteiger charge is 2.45. The average molecular weight is 243 g/mol. The Balaban J connectivity index is 2.50. The van der Waals surface area contributed by atoms with E-state index in [9.17, 15) is 21.6 Å². The summed E-state index contributed by atoms with van der Waals surface area (Å²) in [7, 11) is -5.18. The Morgan fingerprint density at radius 3 is 2.53 bits per heavy atom. The highest BCUT2D eigenvalue weighted by molar-refractivity contribution is 7.90. The van der Waals surface area contributed by atoms with E-state index in [-0.39, 0.29) is 12.5 Å². The second-order valence-corrected chi connectivity index (χ2v) is 5.18. The zero-order valence-corrected chi connectivity index (χ0v) is 8.74. The van der Waals surface area contributed by atoms with E-state index in [1.165, 1.54) is 0 Å². The molecule has 0 heterocycles. The van der Waals surface area contributed by atoms with Crippen molar-refractivity contribution in [3.05, 3.63) is 12.2 Å². The van der Waals surface area contributed by atoms with Crippen LogP contribution in [0.25, 0.3) is 0 Å². The molecule has 1 N–H and O–H groups in total. The molecular formula is C8H12F3NO2S. The van der Waals surface area contributed by atoms with Gasteiger partial charge in [-0.15, -0.1) is 0 Å². The first-order chi connectivity index (χ1) is 6.83. The van der Waals surface area contributed by atoms with Crippen LogP contribution in [0.4, 0.5) is 13.2 Å². The van der Waals surface area contributed by atoms with Gasteiger partial charge in [0.2, 0.25) is 0 Å². The molecule has 0 aliphatic heterocycles. The van der Waals surface area contributed by atoms with Crippen LogP contribution < -0.4 is 4.72 Å². The molecule has 1 aliphatic rings. The van der Waals surface area contributed by atoms with Gasteiger partial charge in [-0.25, -0.2) is 13.1 Å². The summed E-state index contributed by atoms with van der Waals surface area (Å²) >= 11 is 0. The number of halogens is 3. The van der Waals surface area contributed by atoms with Crippen LogP contribution in [0.5, 0.6) is 0 Å². The molecule has 0 fully saturated rings. The van der Waals surface area contributed by atoms with Gasteiger partial charge in [0.05, 0.1) is 0 Å². The maximum atomic E-state index is 11.9. The lowest BCUT2D eigenvalue weighted by molar-refractivity contribution is -0.0448. The molecule has 0 radical (unpaired) electrons. The Morgan fingerprint density at radius 2 is 2.07 bits per heavy atom. The van der Waals surface area contributed by atoms with Crippen molar-refractivity contribution in [3.63, 3.8) is 0 Å². The number of allylic oxidation sites excluding steroid dienone is 1. The first-order valence-corrected chi connectivity index (χ1v) is 6.04. The number of sulfonamides is 1. The van der Waals surface area contributed by atoms with Crippen molar-refractivity contribution in [2.24, 2.45) is 5.92 Å². The standard InChI is InChI=1S/C8H12F3NO2S/c9-8(10,11)15(13,14)12-6-7-4-2-1-3-5-7/h2,4,7,12H,1,3,5-6H2. The highest BCUT2D eigenvalue weighted by Crippen LogP contribution is 2.22. The van der Waals surface area contributed by atoms with E-state index in [1.807, 2.05) is 6.08 Å². The largest absolute Gasteiger partial charge is 0.511 e. The maximum Gasteiger partial charge on any atom is 0.511 e. The average Bonchev–Trinajstić information content (AvgIpc) is 2.15. The SMILES string of the molecule is O=S(=O)(NCC1C=CCCC1)C(F)(F)F. The van der Waals surface area contributed by atoms with E-state index in [0.29, 0.717) is 0 Å². The van der Waals surface area contributed by atoms with E-state index < -0.39 is 15.5 Å². The van der Waals surface area contributed by atoms with Crippen molar-refractivity contribution in [1.82, 2.24) is 4.72 Å². The van der Waals surface area contributed by atoms with Crippen LogP contribution in [-0.2, 0) is 10.0 Å². The van der Waals surface area contributed by atoms with Gasteiger partial charge in [-0.3, -0.25) is 0 Å². The number of alkyl halides is 3. The van der Waals surface area contributed by atoms with Crippen molar-refractivity contribution in [1.29, 1.82) is 0 Å². The number of hydrogen-bond donors (Lipinski definition) is 1. The zero-order valence-electron chi connectivity index (χ0n) is 7.92. The molecule has 1 aliphatic carbocycles. The van der Waals surface area contributed by atoms with Gasteiger partial charge >= 0.3 is 15.5 Å². The predicted octanol–water partition coefficient (Wildman–Crippen LogP) is 1.78. The van der Waals surface area contributed by atoms with E-state index in [2.05, 4.69) is 0 Å². The third-order valence-corrected chi connectivity index (χ3v) is 3.35. The molecule has 88 valence electrons. The minimum Gasteiger partial charge on any atom is -0.207 e. The fraction of sp³-hybridized carbons (Fsp3) is 0.750. The Morgan fingerprint density at radius 1 is 1.40 bits per heavy atom. The quantitative estimate of drug-likeness (QED) is 0.768. The third kappa shape index (κ3) is 3.49. The first kappa shape index (κ1) is 12.5. The van der Waals surface area contributed by atoms with Gasteiger partial charge in [0.1, 0.15) is 0 Å². The predicted molar refractivity (Wildman–Crippen MR) is 49.5 cm³/mol. The summed E-state index contributed by atoms with van der Waals surface area (Å²) in [5.41, 5.74) is -5.22. The molecule has 0 bridgehead atoms. The van der Waals surface area contributed by atoms with Crippen LogP contribution >= 0.6 is 0 Å².